The summed E-state index contributed by atoms with van der Waals surface area (Å²) in [5, 5.41) is 3.51. The molecular weight excluding hydrogens is 359 g/mol. The topological polar surface area (TPSA) is 95.3 Å². The smallest absolute Gasteiger partial charge is 0.364 e. The highest BCUT2D eigenvalue weighted by molar-refractivity contribution is 7.17. The van der Waals surface area contributed by atoms with Crippen LogP contribution in [0.25, 0.3) is 4.96 Å². The molecule has 0 bridgehead atoms. The minimum absolute atomic E-state index is 0.0543. The van der Waals surface area contributed by atoms with E-state index in [0.717, 1.165) is 32.6 Å². The molecule has 0 spiro atoms. The molecule has 7 nitrogen and oxygen atoms in total. The fraction of sp³-hybridized carbons (Fsp3) is 0.286. The molecule has 11 heteroatoms. The number of fused-ring (bicyclic) bond motifs is 1. The van der Waals surface area contributed by atoms with Crippen molar-refractivity contribution in [2.24, 2.45) is 5.73 Å². The van der Waals surface area contributed by atoms with Gasteiger partial charge in [0.15, 0.2) is 10.7 Å². The molecule has 2 N–H and O–H groups in total. The van der Waals surface area contributed by atoms with E-state index in [2.05, 4.69) is 10.1 Å². The number of amides is 1. The minimum Gasteiger partial charge on any atom is -0.364 e. The van der Waals surface area contributed by atoms with Crippen LogP contribution in [0.15, 0.2) is 16.9 Å². The molecule has 3 heterocycles. The molecule has 25 heavy (non-hydrogen) atoms. The van der Waals surface area contributed by atoms with E-state index in [0.29, 0.717) is 4.88 Å². The first-order valence-electron chi connectivity index (χ1n) is 7.01. The summed E-state index contributed by atoms with van der Waals surface area (Å²) >= 11 is 1.10. The summed E-state index contributed by atoms with van der Waals surface area (Å²) in [6.07, 6.45) is -4.55. The summed E-state index contributed by atoms with van der Waals surface area (Å²) in [5.74, 6) is -0.752. The van der Waals surface area contributed by atoms with Crippen LogP contribution in [0.3, 0.4) is 0 Å². The number of carbonyl (C=O) groups excluding carboxylic acids is 1. The van der Waals surface area contributed by atoms with Gasteiger partial charge in [0.05, 0.1) is 12.2 Å². The molecule has 3 aromatic heterocycles. The van der Waals surface area contributed by atoms with Gasteiger partial charge >= 0.3 is 6.18 Å². The van der Waals surface area contributed by atoms with E-state index >= 15 is 0 Å². The van der Waals surface area contributed by atoms with Crippen LogP contribution in [0, 0.1) is 13.8 Å². The Morgan fingerprint density at radius 3 is 2.56 bits per heavy atom. The van der Waals surface area contributed by atoms with Crippen molar-refractivity contribution in [2.75, 3.05) is 0 Å². The molecule has 0 saturated carbocycles. The number of nitrogens with two attached hydrogens (primary N) is 1. The SMILES string of the molecule is Cc1sc2nc(Cn3nc(C(F)(F)F)cc3C)cc(=O)n2c1C(N)=O. The molecular formula is C14H12F3N5O2S. The Hall–Kier alpha value is -2.69. The third kappa shape index (κ3) is 3.02. The quantitative estimate of drug-likeness (QED) is 0.759. The molecule has 0 fully saturated rings. The largest absolute Gasteiger partial charge is 0.435 e. The van der Waals surface area contributed by atoms with E-state index in [1.165, 1.54) is 6.92 Å². The molecule has 0 unspecified atom stereocenters. The number of rotatable bonds is 3. The molecule has 0 aliphatic carbocycles. The fourth-order valence-corrected chi connectivity index (χ4v) is 3.45. The summed E-state index contributed by atoms with van der Waals surface area (Å²) in [7, 11) is 0. The summed E-state index contributed by atoms with van der Waals surface area (Å²) in [5.41, 5.74) is 4.32. The van der Waals surface area contributed by atoms with Crippen molar-refractivity contribution in [3.63, 3.8) is 0 Å². The zero-order valence-electron chi connectivity index (χ0n) is 13.1. The van der Waals surface area contributed by atoms with Gasteiger partial charge in [-0.3, -0.25) is 14.3 Å². The zero-order valence-corrected chi connectivity index (χ0v) is 13.9. The lowest BCUT2D eigenvalue weighted by molar-refractivity contribution is -0.141. The number of hydrogen-bond acceptors (Lipinski definition) is 5. The number of alkyl halides is 3. The summed E-state index contributed by atoms with van der Waals surface area (Å²) in [6, 6.07) is 2.08. The molecule has 3 aromatic rings. The van der Waals surface area contributed by atoms with Crippen LogP contribution in [0.5, 0.6) is 0 Å². The Balaban J connectivity index is 2.06. The van der Waals surface area contributed by atoms with Gasteiger partial charge in [0.25, 0.3) is 11.5 Å². The van der Waals surface area contributed by atoms with Crippen LogP contribution >= 0.6 is 11.3 Å². The van der Waals surface area contributed by atoms with Gasteiger partial charge in [-0.15, -0.1) is 11.3 Å². The highest BCUT2D eigenvalue weighted by atomic mass is 32.1. The van der Waals surface area contributed by atoms with Crippen molar-refractivity contribution < 1.29 is 18.0 Å². The van der Waals surface area contributed by atoms with E-state index in [9.17, 15) is 22.8 Å². The predicted molar refractivity (Wildman–Crippen MR) is 83.7 cm³/mol. The number of halogens is 3. The van der Waals surface area contributed by atoms with E-state index in [1.54, 1.807) is 6.92 Å². The summed E-state index contributed by atoms with van der Waals surface area (Å²) in [6.45, 7) is 3.01. The first-order chi connectivity index (χ1) is 11.6. The molecule has 0 aliphatic heterocycles. The van der Waals surface area contributed by atoms with Gasteiger partial charge in [-0.2, -0.15) is 18.3 Å². The first-order valence-corrected chi connectivity index (χ1v) is 7.83. The summed E-state index contributed by atoms with van der Waals surface area (Å²) in [4.78, 5) is 28.8. The molecule has 0 atom stereocenters. The monoisotopic (exact) mass is 371 g/mol. The lowest BCUT2D eigenvalue weighted by Gasteiger charge is -2.05. The summed E-state index contributed by atoms with van der Waals surface area (Å²) < 4.78 is 40.4. The number of nitrogens with zero attached hydrogens (tertiary/aromatic N) is 4. The lowest BCUT2D eigenvalue weighted by atomic mass is 10.3. The van der Waals surface area contributed by atoms with Gasteiger partial charge in [-0.05, 0) is 19.9 Å². The maximum atomic E-state index is 12.7. The second-order valence-electron chi connectivity index (χ2n) is 5.40. The van der Waals surface area contributed by atoms with Crippen LogP contribution in [0.2, 0.25) is 0 Å². The maximum Gasteiger partial charge on any atom is 0.435 e. The van der Waals surface area contributed by atoms with Crippen LogP contribution in [-0.2, 0) is 12.7 Å². The van der Waals surface area contributed by atoms with Crippen molar-refractivity contribution >= 4 is 22.2 Å². The van der Waals surface area contributed by atoms with Gasteiger partial charge in [0.1, 0.15) is 5.69 Å². The Morgan fingerprint density at radius 2 is 2.00 bits per heavy atom. The van der Waals surface area contributed by atoms with Gasteiger partial charge in [-0.1, -0.05) is 0 Å². The highest BCUT2D eigenvalue weighted by Crippen LogP contribution is 2.28. The van der Waals surface area contributed by atoms with Gasteiger partial charge in [-0.25, -0.2) is 9.38 Å². The zero-order chi connectivity index (χ0) is 18.5. The second kappa shape index (κ2) is 5.69. The molecule has 0 aromatic carbocycles. The number of thiazole rings is 1. The van der Waals surface area contributed by atoms with Gasteiger partial charge in [0, 0.05) is 16.6 Å². The predicted octanol–water partition coefficient (Wildman–Crippen LogP) is 1.74. The molecule has 3 rings (SSSR count). The normalized spacial score (nSPS) is 12.0. The van der Waals surface area contributed by atoms with Crippen LogP contribution in [0.1, 0.15) is 32.4 Å². The number of aryl methyl sites for hydroxylation is 2. The highest BCUT2D eigenvalue weighted by Gasteiger charge is 2.34. The van der Waals surface area contributed by atoms with Gasteiger partial charge in [0.2, 0.25) is 0 Å². The molecule has 1 amide bonds. The Bertz CT molecular complexity index is 1050. The Kier molecular flexibility index (Phi) is 3.90. The second-order valence-corrected chi connectivity index (χ2v) is 6.58. The number of hydrogen-bond donors (Lipinski definition) is 1. The van der Waals surface area contributed by atoms with E-state index < -0.39 is 23.3 Å². The average Bonchev–Trinajstić information content (AvgIpc) is 2.99. The van der Waals surface area contributed by atoms with Crippen molar-refractivity contribution in [1.29, 1.82) is 0 Å². The molecule has 0 aliphatic rings. The number of aromatic nitrogens is 4. The first kappa shape index (κ1) is 17.1. The number of carbonyl (C=O) groups is 1. The molecule has 132 valence electrons. The van der Waals surface area contributed by atoms with Crippen molar-refractivity contribution in [3.05, 3.63) is 50.1 Å². The van der Waals surface area contributed by atoms with Crippen molar-refractivity contribution in [1.82, 2.24) is 19.2 Å². The Morgan fingerprint density at radius 1 is 1.32 bits per heavy atom. The van der Waals surface area contributed by atoms with Gasteiger partial charge < -0.3 is 5.73 Å². The third-order valence-corrected chi connectivity index (χ3v) is 4.52. The van der Waals surface area contributed by atoms with Crippen molar-refractivity contribution in [2.45, 2.75) is 26.6 Å². The minimum atomic E-state index is -4.55. The fourth-order valence-electron chi connectivity index (χ4n) is 2.45. The third-order valence-electron chi connectivity index (χ3n) is 3.56. The van der Waals surface area contributed by atoms with Crippen molar-refractivity contribution in [3.8, 4) is 0 Å². The number of primary amides is 1. The van der Waals surface area contributed by atoms with Crippen LogP contribution in [-0.4, -0.2) is 25.1 Å². The maximum absolute atomic E-state index is 12.7. The molecule has 0 saturated heterocycles. The van der Waals surface area contributed by atoms with E-state index in [-0.39, 0.29) is 28.6 Å². The lowest BCUT2D eigenvalue weighted by Crippen LogP contribution is -2.23. The van der Waals surface area contributed by atoms with E-state index in [4.69, 9.17) is 5.73 Å². The molecule has 0 radical (unpaired) electrons. The standard InChI is InChI=1S/C14H12F3N5O2S/c1-6-3-9(14(15,16)17)20-21(6)5-8-4-10(23)22-11(12(18)24)7(2)25-13(22)19-8/h3-4H,5H2,1-2H3,(H2,18,24). The van der Waals surface area contributed by atoms with Crippen LogP contribution in [0.4, 0.5) is 13.2 Å². The Labute approximate surface area is 142 Å². The average molecular weight is 371 g/mol. The van der Waals surface area contributed by atoms with Crippen LogP contribution < -0.4 is 11.3 Å². The van der Waals surface area contributed by atoms with E-state index in [1.807, 2.05) is 0 Å².